The van der Waals surface area contributed by atoms with Crippen molar-refractivity contribution in [3.05, 3.63) is 77.3 Å². The Kier molecular flexibility index (Phi) is 11.5. The second-order valence-corrected chi connectivity index (χ2v) is 11.5. The van der Waals surface area contributed by atoms with E-state index in [9.17, 15) is 18.0 Å². The number of rotatable bonds is 14. The second-order valence-electron chi connectivity index (χ2n) is 9.18. The van der Waals surface area contributed by atoms with E-state index in [0.717, 1.165) is 4.31 Å². The average molecular weight is 618 g/mol. The van der Waals surface area contributed by atoms with Gasteiger partial charge in [0.1, 0.15) is 18.3 Å². The molecule has 0 spiro atoms. The number of carbonyl (C=O) groups is 2. The maximum absolute atomic E-state index is 14.1. The molecule has 0 unspecified atom stereocenters. The Bertz CT molecular complexity index is 1480. The van der Waals surface area contributed by atoms with Crippen LogP contribution < -0.4 is 23.8 Å². The summed E-state index contributed by atoms with van der Waals surface area (Å²) >= 11 is 6.17. The van der Waals surface area contributed by atoms with E-state index < -0.39 is 28.5 Å². The molecule has 0 bridgehead atoms. The molecule has 10 nitrogen and oxygen atoms in total. The fraction of sp³-hybridized carbons (Fsp3) is 0.333. The highest BCUT2D eigenvalue weighted by Crippen LogP contribution is 2.33. The predicted octanol–water partition coefficient (Wildman–Crippen LogP) is 4.50. The summed E-state index contributed by atoms with van der Waals surface area (Å²) in [7, 11) is -1.47. The van der Waals surface area contributed by atoms with E-state index in [1.165, 1.54) is 37.3 Å². The zero-order valence-corrected chi connectivity index (χ0v) is 25.9. The molecule has 0 fully saturated rings. The lowest BCUT2D eigenvalue weighted by Crippen LogP contribution is -2.51. The van der Waals surface area contributed by atoms with Crippen LogP contribution in [0.1, 0.15) is 26.3 Å². The molecular formula is C30H36ClN3O7S. The quantitative estimate of drug-likeness (QED) is 0.283. The molecule has 0 radical (unpaired) electrons. The van der Waals surface area contributed by atoms with Crippen LogP contribution >= 0.6 is 11.6 Å². The molecule has 3 aromatic carbocycles. The minimum atomic E-state index is -4.31. The van der Waals surface area contributed by atoms with Crippen molar-refractivity contribution in [3.8, 4) is 17.2 Å². The largest absolute Gasteiger partial charge is 0.494 e. The van der Waals surface area contributed by atoms with E-state index in [-0.39, 0.29) is 28.8 Å². The number of sulfonamides is 1. The molecule has 3 rings (SSSR count). The first-order chi connectivity index (χ1) is 20.0. The van der Waals surface area contributed by atoms with Gasteiger partial charge in [-0.3, -0.25) is 13.9 Å². The first-order valence-corrected chi connectivity index (χ1v) is 15.2. The third-order valence-electron chi connectivity index (χ3n) is 6.42. The number of halogens is 1. The molecule has 0 heterocycles. The standard InChI is InChI=1S/C30H36ClN3O7S/c1-6-32-30(36)21(3)33(19-22-9-8-10-23(31)17-22)29(35)20-34(24-11-13-25(14-12-24)41-7-2)42(37,38)26-15-16-27(39-4)28(18-26)40-5/h8-18,21H,6-7,19-20H2,1-5H3,(H,32,36)/t21-/m0/s1. The van der Waals surface area contributed by atoms with Crippen LogP contribution in [0.3, 0.4) is 0 Å². The lowest BCUT2D eigenvalue weighted by Gasteiger charge is -2.32. The van der Waals surface area contributed by atoms with Crippen LogP contribution in [-0.4, -0.2) is 65.1 Å². The van der Waals surface area contributed by atoms with E-state index in [4.69, 9.17) is 25.8 Å². The highest BCUT2D eigenvalue weighted by molar-refractivity contribution is 7.92. The third kappa shape index (κ3) is 7.86. The smallest absolute Gasteiger partial charge is 0.264 e. The van der Waals surface area contributed by atoms with Gasteiger partial charge in [0.2, 0.25) is 11.8 Å². The van der Waals surface area contributed by atoms with Crippen molar-refractivity contribution in [2.75, 3.05) is 38.2 Å². The molecule has 0 aliphatic heterocycles. The summed E-state index contributed by atoms with van der Waals surface area (Å²) in [4.78, 5) is 28.0. The summed E-state index contributed by atoms with van der Waals surface area (Å²) in [5.41, 5.74) is 0.914. The molecular weight excluding hydrogens is 582 g/mol. The number of methoxy groups -OCH3 is 2. The summed E-state index contributed by atoms with van der Waals surface area (Å²) in [6, 6.07) is 16.6. The third-order valence-corrected chi connectivity index (χ3v) is 8.42. The Hall–Kier alpha value is -3.96. The topological polar surface area (TPSA) is 114 Å². The van der Waals surface area contributed by atoms with Crippen molar-refractivity contribution in [1.82, 2.24) is 10.2 Å². The lowest BCUT2D eigenvalue weighted by atomic mass is 10.1. The Labute approximate surface area is 252 Å². The molecule has 0 aliphatic carbocycles. The number of hydrogen-bond donors (Lipinski definition) is 1. The predicted molar refractivity (Wildman–Crippen MR) is 162 cm³/mol. The number of likely N-dealkylation sites (N-methyl/N-ethyl adjacent to an activating group) is 1. The molecule has 1 atom stereocenters. The van der Waals surface area contributed by atoms with Crippen molar-refractivity contribution in [1.29, 1.82) is 0 Å². The van der Waals surface area contributed by atoms with Gasteiger partial charge in [0.05, 0.1) is 31.4 Å². The van der Waals surface area contributed by atoms with Crippen LogP contribution in [0.25, 0.3) is 0 Å². The second kappa shape index (κ2) is 14.8. The highest BCUT2D eigenvalue weighted by atomic mass is 35.5. The maximum Gasteiger partial charge on any atom is 0.264 e. The molecule has 42 heavy (non-hydrogen) atoms. The van der Waals surface area contributed by atoms with Gasteiger partial charge in [0.15, 0.2) is 11.5 Å². The summed E-state index contributed by atoms with van der Waals surface area (Å²) in [5, 5.41) is 3.20. The average Bonchev–Trinajstić information content (AvgIpc) is 2.98. The number of anilines is 1. The fourth-order valence-corrected chi connectivity index (χ4v) is 5.89. The summed E-state index contributed by atoms with van der Waals surface area (Å²) < 4.78 is 45.3. The van der Waals surface area contributed by atoms with E-state index in [0.29, 0.717) is 35.2 Å². The number of nitrogens with zero attached hydrogens (tertiary/aromatic N) is 2. The molecule has 2 amide bonds. The van der Waals surface area contributed by atoms with Gasteiger partial charge in [-0.25, -0.2) is 8.42 Å². The monoisotopic (exact) mass is 617 g/mol. The Balaban J connectivity index is 2.08. The van der Waals surface area contributed by atoms with Crippen molar-refractivity contribution >= 4 is 39.1 Å². The molecule has 3 aromatic rings. The van der Waals surface area contributed by atoms with Gasteiger partial charge < -0.3 is 24.4 Å². The van der Waals surface area contributed by atoms with Crippen LogP contribution in [0.4, 0.5) is 5.69 Å². The van der Waals surface area contributed by atoms with Gasteiger partial charge in [-0.1, -0.05) is 23.7 Å². The van der Waals surface area contributed by atoms with Gasteiger partial charge in [0.25, 0.3) is 10.0 Å². The van der Waals surface area contributed by atoms with E-state index in [2.05, 4.69) is 5.32 Å². The van der Waals surface area contributed by atoms with Crippen molar-refractivity contribution in [3.63, 3.8) is 0 Å². The SMILES string of the molecule is CCNC(=O)[C@H](C)N(Cc1cccc(Cl)c1)C(=O)CN(c1ccc(OCC)cc1)S(=O)(=O)c1ccc(OC)c(OC)c1. The van der Waals surface area contributed by atoms with Crippen molar-refractivity contribution in [2.45, 2.75) is 38.3 Å². The minimum Gasteiger partial charge on any atom is -0.494 e. The van der Waals surface area contributed by atoms with Crippen LogP contribution in [0.5, 0.6) is 17.2 Å². The van der Waals surface area contributed by atoms with Crippen LogP contribution in [0, 0.1) is 0 Å². The van der Waals surface area contributed by atoms with Crippen LogP contribution in [0.2, 0.25) is 5.02 Å². The number of hydrogen-bond acceptors (Lipinski definition) is 7. The number of amides is 2. The lowest BCUT2D eigenvalue weighted by molar-refractivity contribution is -0.139. The maximum atomic E-state index is 14.1. The molecule has 12 heteroatoms. The van der Waals surface area contributed by atoms with Crippen LogP contribution in [-0.2, 0) is 26.2 Å². The van der Waals surface area contributed by atoms with Crippen LogP contribution in [0.15, 0.2) is 71.6 Å². The number of nitrogens with one attached hydrogen (secondary N) is 1. The molecule has 0 aromatic heterocycles. The summed E-state index contributed by atoms with van der Waals surface area (Å²) in [5.74, 6) is 0.144. The molecule has 1 N–H and O–H groups in total. The normalized spacial score (nSPS) is 11.8. The summed E-state index contributed by atoms with van der Waals surface area (Å²) in [6.45, 7) is 5.45. The van der Waals surface area contributed by atoms with Crippen molar-refractivity contribution in [2.24, 2.45) is 0 Å². The first-order valence-electron chi connectivity index (χ1n) is 13.3. The van der Waals surface area contributed by atoms with Crippen molar-refractivity contribution < 1.29 is 32.2 Å². The van der Waals surface area contributed by atoms with Gasteiger partial charge in [-0.15, -0.1) is 0 Å². The highest BCUT2D eigenvalue weighted by Gasteiger charge is 2.33. The van der Waals surface area contributed by atoms with Gasteiger partial charge in [-0.2, -0.15) is 0 Å². The zero-order valence-electron chi connectivity index (χ0n) is 24.3. The molecule has 0 saturated heterocycles. The number of carbonyl (C=O) groups excluding carboxylic acids is 2. The van der Waals surface area contributed by atoms with E-state index >= 15 is 0 Å². The van der Waals surface area contributed by atoms with Gasteiger partial charge in [0, 0.05) is 24.2 Å². The zero-order chi connectivity index (χ0) is 30.9. The number of benzene rings is 3. The molecule has 226 valence electrons. The first kappa shape index (κ1) is 32.6. The van der Waals surface area contributed by atoms with E-state index in [1.54, 1.807) is 62.4 Å². The molecule has 0 saturated carbocycles. The number of ether oxygens (including phenoxy) is 3. The van der Waals surface area contributed by atoms with E-state index in [1.807, 2.05) is 6.92 Å². The summed E-state index contributed by atoms with van der Waals surface area (Å²) in [6.07, 6.45) is 0. The Morgan fingerprint density at radius 2 is 1.64 bits per heavy atom. The Morgan fingerprint density at radius 3 is 2.24 bits per heavy atom. The minimum absolute atomic E-state index is 0.0330. The van der Waals surface area contributed by atoms with Gasteiger partial charge in [-0.05, 0) is 74.9 Å². The fourth-order valence-electron chi connectivity index (χ4n) is 4.24. The molecule has 0 aliphatic rings. The Morgan fingerprint density at radius 1 is 0.952 bits per heavy atom. The van der Waals surface area contributed by atoms with Gasteiger partial charge >= 0.3 is 0 Å².